The van der Waals surface area contributed by atoms with E-state index in [0.717, 1.165) is 0 Å². The van der Waals surface area contributed by atoms with Crippen molar-refractivity contribution in [3.8, 4) is 0 Å². The van der Waals surface area contributed by atoms with E-state index in [1.165, 1.54) is 6.92 Å². The number of hydrogen-bond acceptors (Lipinski definition) is 5. The SMILES string of the molecule is CC(=O)Nc1ccccc1C(O)C(C)NC(O)OC(C)(C)C. The number of nitrogens with one attached hydrogen (secondary N) is 2. The van der Waals surface area contributed by atoms with Crippen molar-refractivity contribution in [1.29, 1.82) is 0 Å². The number of benzene rings is 1. The molecule has 3 unspecified atom stereocenters. The highest BCUT2D eigenvalue weighted by Crippen LogP contribution is 2.25. The molecule has 0 saturated carbocycles. The van der Waals surface area contributed by atoms with Gasteiger partial charge in [0, 0.05) is 24.2 Å². The molecule has 1 amide bonds. The number of aliphatic hydroxyl groups excluding tert-OH is 2. The molecule has 0 aliphatic rings. The van der Waals surface area contributed by atoms with Gasteiger partial charge in [-0.05, 0) is 33.8 Å². The molecular formula is C16H26N2O4. The molecule has 3 atom stereocenters. The van der Waals surface area contributed by atoms with E-state index >= 15 is 0 Å². The van der Waals surface area contributed by atoms with Crippen LogP contribution in [0.25, 0.3) is 0 Å². The molecule has 0 spiro atoms. The zero-order valence-electron chi connectivity index (χ0n) is 13.8. The summed E-state index contributed by atoms with van der Waals surface area (Å²) in [5.41, 5.74) is 0.605. The summed E-state index contributed by atoms with van der Waals surface area (Å²) in [4.78, 5) is 11.2. The zero-order valence-corrected chi connectivity index (χ0v) is 13.8. The number of carbonyl (C=O) groups is 1. The number of para-hydroxylation sites is 1. The number of hydrogen-bond donors (Lipinski definition) is 4. The Kier molecular flexibility index (Phi) is 6.49. The first kappa shape index (κ1) is 18.6. The highest BCUT2D eigenvalue weighted by Gasteiger charge is 2.24. The molecule has 0 aromatic heterocycles. The normalized spacial score (nSPS) is 16.0. The van der Waals surface area contributed by atoms with Crippen molar-refractivity contribution < 1.29 is 19.7 Å². The number of anilines is 1. The van der Waals surface area contributed by atoms with Gasteiger partial charge in [0.05, 0.1) is 11.7 Å². The average Bonchev–Trinajstić information content (AvgIpc) is 2.35. The number of ether oxygens (including phenoxy) is 1. The summed E-state index contributed by atoms with van der Waals surface area (Å²) in [7, 11) is 0. The molecule has 22 heavy (non-hydrogen) atoms. The minimum Gasteiger partial charge on any atom is -0.387 e. The molecule has 124 valence electrons. The lowest BCUT2D eigenvalue weighted by Crippen LogP contribution is -2.44. The Labute approximate surface area is 131 Å². The Bertz CT molecular complexity index is 499. The van der Waals surface area contributed by atoms with Crippen LogP contribution in [-0.2, 0) is 9.53 Å². The summed E-state index contributed by atoms with van der Waals surface area (Å²) < 4.78 is 5.35. The predicted molar refractivity (Wildman–Crippen MR) is 85.1 cm³/mol. The van der Waals surface area contributed by atoms with E-state index in [1.54, 1.807) is 31.2 Å². The van der Waals surface area contributed by atoms with E-state index in [9.17, 15) is 15.0 Å². The van der Waals surface area contributed by atoms with Gasteiger partial charge >= 0.3 is 0 Å². The van der Waals surface area contributed by atoms with Crippen LogP contribution in [0.3, 0.4) is 0 Å². The Morgan fingerprint density at radius 3 is 2.36 bits per heavy atom. The molecule has 0 fully saturated rings. The average molecular weight is 310 g/mol. The minimum atomic E-state index is -1.20. The third-order valence-electron chi connectivity index (χ3n) is 2.93. The van der Waals surface area contributed by atoms with E-state index in [2.05, 4.69) is 10.6 Å². The van der Waals surface area contributed by atoms with Gasteiger partial charge in [-0.1, -0.05) is 18.2 Å². The molecule has 0 heterocycles. The Balaban J connectivity index is 2.78. The van der Waals surface area contributed by atoms with E-state index in [4.69, 9.17) is 4.74 Å². The molecule has 0 bridgehead atoms. The summed E-state index contributed by atoms with van der Waals surface area (Å²) in [6.45, 7) is 8.61. The van der Waals surface area contributed by atoms with Crippen molar-refractivity contribution in [3.05, 3.63) is 29.8 Å². The first-order valence-corrected chi connectivity index (χ1v) is 7.26. The Morgan fingerprint density at radius 1 is 1.23 bits per heavy atom. The maximum absolute atomic E-state index is 11.2. The highest BCUT2D eigenvalue weighted by molar-refractivity contribution is 5.89. The zero-order chi connectivity index (χ0) is 16.9. The van der Waals surface area contributed by atoms with Crippen LogP contribution in [0.2, 0.25) is 0 Å². The first-order valence-electron chi connectivity index (χ1n) is 7.26. The van der Waals surface area contributed by atoms with Gasteiger partial charge in [-0.3, -0.25) is 10.1 Å². The molecule has 1 rings (SSSR count). The first-order chi connectivity index (χ1) is 10.1. The highest BCUT2D eigenvalue weighted by atomic mass is 16.6. The molecule has 0 saturated heterocycles. The lowest BCUT2D eigenvalue weighted by Gasteiger charge is -2.29. The second kappa shape index (κ2) is 7.69. The van der Waals surface area contributed by atoms with Crippen molar-refractivity contribution in [1.82, 2.24) is 5.32 Å². The van der Waals surface area contributed by atoms with E-state index < -0.39 is 24.2 Å². The van der Waals surface area contributed by atoms with Gasteiger partial charge in [0.25, 0.3) is 0 Å². The quantitative estimate of drug-likeness (QED) is 0.601. The lowest BCUT2D eigenvalue weighted by atomic mass is 10.0. The van der Waals surface area contributed by atoms with Crippen LogP contribution in [0.1, 0.15) is 46.3 Å². The van der Waals surface area contributed by atoms with E-state index in [0.29, 0.717) is 11.3 Å². The Morgan fingerprint density at radius 2 is 1.82 bits per heavy atom. The Hall–Kier alpha value is -1.47. The van der Waals surface area contributed by atoms with Gasteiger partial charge in [0.15, 0.2) is 0 Å². The van der Waals surface area contributed by atoms with Crippen LogP contribution in [0, 0.1) is 0 Å². The molecule has 6 nitrogen and oxygen atoms in total. The molecule has 6 heteroatoms. The van der Waals surface area contributed by atoms with E-state index in [-0.39, 0.29) is 5.91 Å². The van der Waals surface area contributed by atoms with Crippen molar-refractivity contribution in [2.45, 2.75) is 58.8 Å². The maximum Gasteiger partial charge on any atom is 0.221 e. The second-order valence-electron chi connectivity index (χ2n) is 6.25. The van der Waals surface area contributed by atoms with Crippen LogP contribution >= 0.6 is 0 Å². The predicted octanol–water partition coefficient (Wildman–Crippen LogP) is 1.75. The van der Waals surface area contributed by atoms with Gasteiger partial charge in [-0.15, -0.1) is 0 Å². The summed E-state index contributed by atoms with van der Waals surface area (Å²) >= 11 is 0. The lowest BCUT2D eigenvalue weighted by molar-refractivity contribution is -0.188. The summed E-state index contributed by atoms with van der Waals surface area (Å²) in [6.07, 6.45) is -2.11. The smallest absolute Gasteiger partial charge is 0.221 e. The van der Waals surface area contributed by atoms with Crippen LogP contribution in [0.4, 0.5) is 5.69 Å². The van der Waals surface area contributed by atoms with E-state index in [1.807, 2.05) is 20.8 Å². The number of aliphatic hydroxyl groups is 2. The van der Waals surface area contributed by atoms with Crippen LogP contribution in [-0.4, -0.2) is 34.2 Å². The fraction of sp³-hybridized carbons (Fsp3) is 0.562. The number of amides is 1. The maximum atomic E-state index is 11.2. The van der Waals surface area contributed by atoms with Gasteiger partial charge in [-0.25, -0.2) is 0 Å². The third-order valence-corrected chi connectivity index (χ3v) is 2.93. The second-order valence-corrected chi connectivity index (χ2v) is 6.25. The van der Waals surface area contributed by atoms with Crippen LogP contribution < -0.4 is 10.6 Å². The third kappa shape index (κ3) is 6.11. The summed E-state index contributed by atoms with van der Waals surface area (Å²) in [5.74, 6) is -0.212. The van der Waals surface area contributed by atoms with Crippen molar-refractivity contribution >= 4 is 11.6 Å². The summed E-state index contributed by atoms with van der Waals surface area (Å²) in [5, 5.41) is 25.8. The van der Waals surface area contributed by atoms with Crippen molar-refractivity contribution in [2.24, 2.45) is 0 Å². The topological polar surface area (TPSA) is 90.8 Å². The van der Waals surface area contributed by atoms with Gasteiger partial charge < -0.3 is 20.3 Å². The standard InChI is InChI=1S/C16H26N2O4/c1-10(17-15(21)22-16(3,4)5)14(20)12-8-6-7-9-13(12)18-11(2)19/h6-10,14-15,17,20-21H,1-5H3,(H,18,19). The van der Waals surface area contributed by atoms with Gasteiger partial charge in [0.1, 0.15) is 0 Å². The molecular weight excluding hydrogens is 284 g/mol. The molecule has 1 aromatic rings. The number of rotatable bonds is 6. The van der Waals surface area contributed by atoms with Crippen LogP contribution in [0.5, 0.6) is 0 Å². The van der Waals surface area contributed by atoms with Crippen LogP contribution in [0.15, 0.2) is 24.3 Å². The van der Waals surface area contributed by atoms with Gasteiger partial charge in [0.2, 0.25) is 12.3 Å². The number of carbonyl (C=O) groups excluding carboxylic acids is 1. The molecule has 0 aliphatic heterocycles. The molecule has 1 aromatic carbocycles. The molecule has 0 radical (unpaired) electrons. The van der Waals surface area contributed by atoms with Gasteiger partial charge in [-0.2, -0.15) is 0 Å². The fourth-order valence-corrected chi connectivity index (χ4v) is 2.01. The largest absolute Gasteiger partial charge is 0.387 e. The minimum absolute atomic E-state index is 0.212. The molecule has 4 N–H and O–H groups in total. The monoisotopic (exact) mass is 310 g/mol. The van der Waals surface area contributed by atoms with Crippen molar-refractivity contribution in [3.63, 3.8) is 0 Å². The fourth-order valence-electron chi connectivity index (χ4n) is 2.01. The van der Waals surface area contributed by atoms with Crippen molar-refractivity contribution in [2.75, 3.05) is 5.32 Å². The summed E-state index contributed by atoms with van der Waals surface area (Å²) in [6, 6.07) is 6.52. The molecule has 0 aliphatic carbocycles.